The van der Waals surface area contributed by atoms with E-state index in [4.69, 9.17) is 0 Å². The lowest BCUT2D eigenvalue weighted by Crippen LogP contribution is -2.41. The third kappa shape index (κ3) is 4.92. The standard InChI is InChI=1S/C19H20BrNO3S/c20-17-8-6-15(7-9-17)12-19(22)21(13-16-4-2-1-3-5-16)18-10-11-25(23,24)14-18/h1-9,18H,10-14H2/t18-/m0/s1. The molecule has 6 heteroatoms. The molecule has 1 saturated heterocycles. The minimum Gasteiger partial charge on any atom is -0.334 e. The molecule has 132 valence electrons. The Morgan fingerprint density at radius 3 is 2.32 bits per heavy atom. The van der Waals surface area contributed by atoms with Gasteiger partial charge >= 0.3 is 0 Å². The van der Waals surface area contributed by atoms with E-state index in [0.717, 1.165) is 15.6 Å². The van der Waals surface area contributed by atoms with Crippen LogP contribution in [0, 0.1) is 0 Å². The number of amides is 1. The van der Waals surface area contributed by atoms with Crippen molar-refractivity contribution in [1.82, 2.24) is 4.90 Å². The van der Waals surface area contributed by atoms with Crippen LogP contribution in [-0.2, 0) is 27.6 Å². The molecule has 3 rings (SSSR count). The van der Waals surface area contributed by atoms with Crippen molar-refractivity contribution in [3.8, 4) is 0 Å². The van der Waals surface area contributed by atoms with Gasteiger partial charge < -0.3 is 4.90 Å². The zero-order valence-electron chi connectivity index (χ0n) is 13.8. The Morgan fingerprint density at radius 1 is 1.04 bits per heavy atom. The monoisotopic (exact) mass is 421 g/mol. The second-order valence-corrected chi connectivity index (χ2v) is 9.51. The van der Waals surface area contributed by atoms with Gasteiger partial charge in [-0.3, -0.25) is 4.79 Å². The van der Waals surface area contributed by atoms with E-state index in [0.29, 0.717) is 13.0 Å². The van der Waals surface area contributed by atoms with Crippen LogP contribution >= 0.6 is 15.9 Å². The van der Waals surface area contributed by atoms with Gasteiger partial charge in [0.05, 0.1) is 17.9 Å². The lowest BCUT2D eigenvalue weighted by molar-refractivity contribution is -0.133. The first-order valence-corrected chi connectivity index (χ1v) is 10.8. The number of benzene rings is 2. The summed E-state index contributed by atoms with van der Waals surface area (Å²) in [5.74, 6) is 0.189. The van der Waals surface area contributed by atoms with Crippen molar-refractivity contribution in [3.05, 3.63) is 70.2 Å². The molecule has 0 spiro atoms. The summed E-state index contributed by atoms with van der Waals surface area (Å²) in [5, 5.41) is 0. The number of sulfone groups is 1. The zero-order chi connectivity index (χ0) is 17.9. The first-order valence-electron chi connectivity index (χ1n) is 8.21. The van der Waals surface area contributed by atoms with Gasteiger partial charge in [0.15, 0.2) is 9.84 Å². The van der Waals surface area contributed by atoms with Gasteiger partial charge in [0.1, 0.15) is 0 Å². The predicted octanol–water partition coefficient (Wildman–Crippen LogP) is 3.21. The van der Waals surface area contributed by atoms with E-state index in [1.807, 2.05) is 54.6 Å². The molecule has 25 heavy (non-hydrogen) atoms. The molecule has 1 atom stereocenters. The number of carbonyl (C=O) groups excluding carboxylic acids is 1. The van der Waals surface area contributed by atoms with Gasteiger partial charge in [-0.05, 0) is 29.7 Å². The van der Waals surface area contributed by atoms with Crippen LogP contribution in [0.25, 0.3) is 0 Å². The summed E-state index contributed by atoms with van der Waals surface area (Å²) in [5.41, 5.74) is 1.93. The fraction of sp³-hybridized carbons (Fsp3) is 0.316. The number of nitrogens with zero attached hydrogens (tertiary/aromatic N) is 1. The largest absolute Gasteiger partial charge is 0.334 e. The van der Waals surface area contributed by atoms with Crippen molar-refractivity contribution in [3.63, 3.8) is 0 Å². The molecule has 0 N–H and O–H groups in total. The number of hydrogen-bond acceptors (Lipinski definition) is 3. The number of rotatable bonds is 5. The van der Waals surface area contributed by atoms with Crippen LogP contribution in [0.2, 0.25) is 0 Å². The van der Waals surface area contributed by atoms with Crippen LogP contribution in [0.5, 0.6) is 0 Å². The fourth-order valence-electron chi connectivity index (χ4n) is 3.10. The Morgan fingerprint density at radius 2 is 1.72 bits per heavy atom. The molecule has 2 aromatic carbocycles. The molecule has 0 aliphatic carbocycles. The molecule has 1 heterocycles. The molecule has 1 fully saturated rings. The van der Waals surface area contributed by atoms with Gasteiger partial charge in [0, 0.05) is 17.1 Å². The topological polar surface area (TPSA) is 54.5 Å². The molecule has 0 bridgehead atoms. The molecule has 0 unspecified atom stereocenters. The normalized spacial score (nSPS) is 18.8. The van der Waals surface area contributed by atoms with Gasteiger partial charge in [-0.15, -0.1) is 0 Å². The SMILES string of the molecule is O=C(Cc1ccc(Br)cc1)N(Cc1ccccc1)[C@H]1CCS(=O)(=O)C1. The molecule has 4 nitrogen and oxygen atoms in total. The Bertz CT molecular complexity index is 835. The lowest BCUT2D eigenvalue weighted by atomic mass is 10.1. The Labute approximate surface area is 156 Å². The van der Waals surface area contributed by atoms with Crippen molar-refractivity contribution >= 4 is 31.7 Å². The Kier molecular flexibility index (Phi) is 5.59. The molecule has 0 saturated carbocycles. The lowest BCUT2D eigenvalue weighted by Gasteiger charge is -2.28. The first-order chi connectivity index (χ1) is 11.9. The van der Waals surface area contributed by atoms with Crippen molar-refractivity contribution in [1.29, 1.82) is 0 Å². The molecular formula is C19H20BrNO3S. The van der Waals surface area contributed by atoms with Crippen molar-refractivity contribution < 1.29 is 13.2 Å². The molecule has 1 aliphatic rings. The van der Waals surface area contributed by atoms with Gasteiger partial charge in [-0.1, -0.05) is 58.4 Å². The highest BCUT2D eigenvalue weighted by atomic mass is 79.9. The summed E-state index contributed by atoms with van der Waals surface area (Å²) in [4.78, 5) is 14.7. The molecule has 1 amide bonds. The fourth-order valence-corrected chi connectivity index (χ4v) is 5.10. The van der Waals surface area contributed by atoms with Crippen molar-refractivity contribution in [2.45, 2.75) is 25.4 Å². The second-order valence-electron chi connectivity index (χ2n) is 6.37. The van der Waals surface area contributed by atoms with E-state index >= 15 is 0 Å². The molecule has 0 radical (unpaired) electrons. The maximum Gasteiger partial charge on any atom is 0.227 e. The summed E-state index contributed by atoms with van der Waals surface area (Å²) in [7, 11) is -3.04. The highest BCUT2D eigenvalue weighted by molar-refractivity contribution is 9.10. The van der Waals surface area contributed by atoms with Crippen LogP contribution < -0.4 is 0 Å². The Balaban J connectivity index is 1.79. The van der Waals surface area contributed by atoms with Crippen molar-refractivity contribution in [2.24, 2.45) is 0 Å². The van der Waals surface area contributed by atoms with Gasteiger partial charge in [-0.2, -0.15) is 0 Å². The third-order valence-corrected chi connectivity index (χ3v) is 6.71. The van der Waals surface area contributed by atoms with E-state index < -0.39 is 9.84 Å². The summed E-state index contributed by atoms with van der Waals surface area (Å²) in [6.07, 6.45) is 0.790. The molecule has 0 aromatic heterocycles. The molecular weight excluding hydrogens is 402 g/mol. The average molecular weight is 422 g/mol. The summed E-state index contributed by atoms with van der Waals surface area (Å²) < 4.78 is 24.7. The second kappa shape index (κ2) is 7.70. The molecule has 2 aromatic rings. The van der Waals surface area contributed by atoms with E-state index in [2.05, 4.69) is 15.9 Å². The average Bonchev–Trinajstić information content (AvgIpc) is 2.95. The summed E-state index contributed by atoms with van der Waals surface area (Å²) >= 11 is 3.39. The minimum absolute atomic E-state index is 0.0340. The maximum atomic E-state index is 12.9. The molecule has 1 aliphatic heterocycles. The van der Waals surface area contributed by atoms with Crippen LogP contribution in [0.4, 0.5) is 0 Å². The van der Waals surface area contributed by atoms with Gasteiger partial charge in [0.25, 0.3) is 0 Å². The van der Waals surface area contributed by atoms with Crippen LogP contribution in [-0.4, -0.2) is 36.8 Å². The van der Waals surface area contributed by atoms with E-state index in [-0.39, 0.29) is 29.9 Å². The van der Waals surface area contributed by atoms with E-state index in [1.54, 1.807) is 4.90 Å². The number of halogens is 1. The zero-order valence-corrected chi connectivity index (χ0v) is 16.2. The summed E-state index contributed by atoms with van der Waals surface area (Å²) in [6, 6.07) is 17.1. The van der Waals surface area contributed by atoms with Gasteiger partial charge in [0.2, 0.25) is 5.91 Å². The highest BCUT2D eigenvalue weighted by Gasteiger charge is 2.34. The predicted molar refractivity (Wildman–Crippen MR) is 102 cm³/mol. The minimum atomic E-state index is -3.04. The third-order valence-electron chi connectivity index (χ3n) is 4.43. The summed E-state index contributed by atoms with van der Waals surface area (Å²) in [6.45, 7) is 0.441. The highest BCUT2D eigenvalue weighted by Crippen LogP contribution is 2.21. The maximum absolute atomic E-state index is 12.9. The van der Waals surface area contributed by atoms with Crippen molar-refractivity contribution in [2.75, 3.05) is 11.5 Å². The number of hydrogen-bond donors (Lipinski definition) is 0. The quantitative estimate of drug-likeness (QED) is 0.744. The van der Waals surface area contributed by atoms with Gasteiger partial charge in [-0.25, -0.2) is 8.42 Å². The first kappa shape index (κ1) is 18.1. The van der Waals surface area contributed by atoms with Crippen LogP contribution in [0.1, 0.15) is 17.5 Å². The van der Waals surface area contributed by atoms with Crippen LogP contribution in [0.3, 0.4) is 0 Å². The van der Waals surface area contributed by atoms with Crippen LogP contribution in [0.15, 0.2) is 59.1 Å². The Hall–Kier alpha value is -1.66. The van der Waals surface area contributed by atoms with E-state index in [1.165, 1.54) is 0 Å². The number of carbonyl (C=O) groups is 1. The van der Waals surface area contributed by atoms with E-state index in [9.17, 15) is 13.2 Å². The smallest absolute Gasteiger partial charge is 0.227 e.